The molecular formula is C22H34N6O13. The van der Waals surface area contributed by atoms with Gasteiger partial charge in [0.05, 0.1) is 12.5 Å². The molecule has 5 amide bonds. The minimum atomic E-state index is -1.78. The van der Waals surface area contributed by atoms with Crippen LogP contribution in [0.4, 0.5) is 0 Å². The number of carboxylic acid groups (broad SMARTS) is 4. The molecule has 0 saturated carbocycles. The number of hydrogen-bond acceptors (Lipinski definition) is 10. The van der Waals surface area contributed by atoms with Crippen LogP contribution in [-0.2, 0) is 43.2 Å². The quantitative estimate of drug-likeness (QED) is 0.0643. The fourth-order valence-electron chi connectivity index (χ4n) is 3.11. The molecule has 0 spiro atoms. The highest BCUT2D eigenvalue weighted by Crippen LogP contribution is 2.04. The zero-order valence-electron chi connectivity index (χ0n) is 22.0. The molecule has 0 unspecified atom stereocenters. The zero-order chi connectivity index (χ0) is 31.9. The van der Waals surface area contributed by atoms with Crippen molar-refractivity contribution in [1.82, 2.24) is 21.3 Å². The topological polar surface area (TPSA) is 335 Å². The lowest BCUT2D eigenvalue weighted by Gasteiger charge is -2.24. The highest BCUT2D eigenvalue weighted by atomic mass is 16.4. The van der Waals surface area contributed by atoms with Crippen LogP contribution in [0, 0.1) is 0 Å². The van der Waals surface area contributed by atoms with Crippen LogP contribution < -0.4 is 32.7 Å². The lowest BCUT2D eigenvalue weighted by molar-refractivity contribution is -0.144. The summed E-state index contributed by atoms with van der Waals surface area (Å²) in [6.07, 6.45) is -3.71. The Labute approximate surface area is 232 Å². The molecule has 0 aliphatic heterocycles. The second-order valence-corrected chi connectivity index (χ2v) is 8.83. The molecule has 0 saturated heterocycles. The normalized spacial score (nSPS) is 14.2. The van der Waals surface area contributed by atoms with Gasteiger partial charge in [-0.1, -0.05) is 0 Å². The average Bonchev–Trinajstić information content (AvgIpc) is 2.85. The number of amides is 5. The fraction of sp³-hybridized carbons (Fsp3) is 0.591. The predicted octanol–water partition coefficient (Wildman–Crippen LogP) is -4.17. The molecule has 230 valence electrons. The summed E-state index contributed by atoms with van der Waals surface area (Å²) in [5, 5.41) is 44.3. The molecule has 12 N–H and O–H groups in total. The Morgan fingerprint density at radius 2 is 0.976 bits per heavy atom. The van der Waals surface area contributed by atoms with Crippen LogP contribution in [0.25, 0.3) is 0 Å². The van der Waals surface area contributed by atoms with Crippen LogP contribution in [0.1, 0.15) is 51.9 Å². The Hall–Kier alpha value is -4.81. The van der Waals surface area contributed by atoms with Crippen molar-refractivity contribution in [2.75, 3.05) is 0 Å². The van der Waals surface area contributed by atoms with E-state index in [1.807, 2.05) is 5.32 Å². The summed E-state index contributed by atoms with van der Waals surface area (Å²) in [5.41, 5.74) is 10.6. The SMILES string of the molecule is C[C@H](NC(=O)[C@H](CCC(=O)O)NC(=O)[C@@H](N)CCC(=O)O)C(=O)N[C@@H](CCC(=O)O)C(=O)N[C@@H](CC(N)=O)C(=O)O. The smallest absolute Gasteiger partial charge is 0.326 e. The lowest BCUT2D eigenvalue weighted by Crippen LogP contribution is -2.58. The molecule has 0 fully saturated rings. The molecule has 19 heteroatoms. The maximum absolute atomic E-state index is 12.8. The van der Waals surface area contributed by atoms with Gasteiger partial charge in [0.2, 0.25) is 29.5 Å². The number of nitrogens with one attached hydrogen (secondary N) is 4. The van der Waals surface area contributed by atoms with Gasteiger partial charge < -0.3 is 53.2 Å². The number of hydrogen-bond donors (Lipinski definition) is 10. The molecule has 0 aromatic heterocycles. The Balaban J connectivity index is 5.55. The second kappa shape index (κ2) is 17.7. The summed E-state index contributed by atoms with van der Waals surface area (Å²) < 4.78 is 0. The highest BCUT2D eigenvalue weighted by Gasteiger charge is 2.31. The van der Waals surface area contributed by atoms with E-state index in [9.17, 15) is 43.2 Å². The molecule has 0 aliphatic carbocycles. The third-order valence-electron chi connectivity index (χ3n) is 5.34. The molecule has 0 aliphatic rings. The van der Waals surface area contributed by atoms with Crippen LogP contribution in [0.3, 0.4) is 0 Å². The third kappa shape index (κ3) is 15.4. The van der Waals surface area contributed by atoms with Crippen molar-refractivity contribution in [3.63, 3.8) is 0 Å². The van der Waals surface area contributed by atoms with E-state index < -0.39 is 122 Å². The number of carboxylic acids is 4. The van der Waals surface area contributed by atoms with Crippen LogP contribution >= 0.6 is 0 Å². The number of carbonyl (C=O) groups is 9. The van der Waals surface area contributed by atoms with Gasteiger partial charge in [0.15, 0.2) is 0 Å². The largest absolute Gasteiger partial charge is 0.481 e. The molecule has 19 nitrogen and oxygen atoms in total. The van der Waals surface area contributed by atoms with Crippen LogP contribution in [-0.4, -0.2) is 104 Å². The van der Waals surface area contributed by atoms with Gasteiger partial charge >= 0.3 is 23.9 Å². The maximum atomic E-state index is 12.8. The van der Waals surface area contributed by atoms with Gasteiger partial charge in [-0.05, 0) is 26.2 Å². The summed E-state index contributed by atoms with van der Waals surface area (Å²) in [5.74, 6) is -10.8. The van der Waals surface area contributed by atoms with E-state index >= 15 is 0 Å². The van der Waals surface area contributed by atoms with Gasteiger partial charge in [0.25, 0.3) is 0 Å². The van der Waals surface area contributed by atoms with E-state index in [1.54, 1.807) is 0 Å². The summed E-state index contributed by atoms with van der Waals surface area (Å²) in [6.45, 7) is 1.14. The number of rotatable bonds is 20. The highest BCUT2D eigenvalue weighted by molar-refractivity contribution is 5.96. The Morgan fingerprint density at radius 1 is 0.585 bits per heavy atom. The summed E-state index contributed by atoms with van der Waals surface area (Å²) >= 11 is 0. The first-order chi connectivity index (χ1) is 18.9. The van der Waals surface area contributed by atoms with E-state index in [0.717, 1.165) is 6.92 Å². The zero-order valence-corrected chi connectivity index (χ0v) is 22.0. The standard InChI is InChI=1S/C22H34N6O13/c1-9(25-20(38)11(3-6-16(32)33)27-19(37)10(23)2-5-15(30)31)18(36)26-12(4-7-17(34)35)21(39)28-13(22(40)41)8-14(24)29/h9-13H,2-8,23H2,1H3,(H2,24,29)(H,25,38)(H,26,36)(H,27,37)(H,28,39)(H,30,31)(H,32,33)(H,34,35)(H,40,41)/t9-,10-,11-,12-,13-/m0/s1. The van der Waals surface area contributed by atoms with Crippen molar-refractivity contribution in [2.45, 2.75) is 82.1 Å². The first kappa shape index (κ1) is 36.2. The third-order valence-corrected chi connectivity index (χ3v) is 5.34. The first-order valence-electron chi connectivity index (χ1n) is 12.1. The minimum Gasteiger partial charge on any atom is -0.481 e. The predicted molar refractivity (Wildman–Crippen MR) is 133 cm³/mol. The van der Waals surface area contributed by atoms with Gasteiger partial charge in [-0.25, -0.2) is 4.79 Å². The van der Waals surface area contributed by atoms with Crippen molar-refractivity contribution in [3.05, 3.63) is 0 Å². The van der Waals surface area contributed by atoms with Crippen molar-refractivity contribution in [2.24, 2.45) is 11.5 Å². The summed E-state index contributed by atoms with van der Waals surface area (Å²) in [6, 6.07) is -7.71. The van der Waals surface area contributed by atoms with Gasteiger partial charge in [0.1, 0.15) is 24.2 Å². The number of primary amides is 1. The molecule has 0 bridgehead atoms. The average molecular weight is 591 g/mol. The first-order valence-corrected chi connectivity index (χ1v) is 12.1. The Morgan fingerprint density at radius 3 is 1.39 bits per heavy atom. The molecule has 0 heterocycles. The van der Waals surface area contributed by atoms with Gasteiger partial charge in [-0.2, -0.15) is 0 Å². The molecular weight excluding hydrogens is 556 g/mol. The van der Waals surface area contributed by atoms with E-state index in [-0.39, 0.29) is 6.42 Å². The van der Waals surface area contributed by atoms with Crippen LogP contribution in [0.2, 0.25) is 0 Å². The van der Waals surface area contributed by atoms with Gasteiger partial charge in [0, 0.05) is 19.3 Å². The molecule has 5 atom stereocenters. The van der Waals surface area contributed by atoms with Gasteiger partial charge in [-0.3, -0.25) is 38.4 Å². The molecule has 0 aromatic carbocycles. The lowest BCUT2D eigenvalue weighted by atomic mass is 10.1. The van der Waals surface area contributed by atoms with Crippen molar-refractivity contribution in [3.8, 4) is 0 Å². The van der Waals surface area contributed by atoms with Gasteiger partial charge in [-0.15, -0.1) is 0 Å². The molecule has 0 aromatic rings. The van der Waals surface area contributed by atoms with E-state index in [2.05, 4.69) is 16.0 Å². The van der Waals surface area contributed by atoms with E-state index in [0.29, 0.717) is 0 Å². The van der Waals surface area contributed by atoms with Crippen molar-refractivity contribution >= 4 is 53.4 Å². The number of carbonyl (C=O) groups excluding carboxylic acids is 5. The van der Waals surface area contributed by atoms with Crippen LogP contribution in [0.5, 0.6) is 0 Å². The number of nitrogens with two attached hydrogens (primary N) is 2. The molecule has 0 radical (unpaired) electrons. The Bertz CT molecular complexity index is 1030. The second-order valence-electron chi connectivity index (χ2n) is 8.83. The maximum Gasteiger partial charge on any atom is 0.326 e. The van der Waals surface area contributed by atoms with E-state index in [1.165, 1.54) is 0 Å². The van der Waals surface area contributed by atoms with Crippen molar-refractivity contribution < 1.29 is 63.6 Å². The van der Waals surface area contributed by atoms with Crippen molar-refractivity contribution in [1.29, 1.82) is 0 Å². The molecule has 41 heavy (non-hydrogen) atoms. The summed E-state index contributed by atoms with van der Waals surface area (Å²) in [7, 11) is 0. The number of aliphatic carboxylic acids is 4. The van der Waals surface area contributed by atoms with Crippen LogP contribution in [0.15, 0.2) is 0 Å². The monoisotopic (exact) mass is 590 g/mol. The molecule has 0 rings (SSSR count). The fourth-order valence-corrected chi connectivity index (χ4v) is 3.11. The summed E-state index contributed by atoms with van der Waals surface area (Å²) in [4.78, 5) is 105. The minimum absolute atomic E-state index is 0.283. The Kier molecular flexibility index (Phi) is 15.6. The van der Waals surface area contributed by atoms with E-state index in [4.69, 9.17) is 31.9 Å².